The number of carboxylic acid groups (broad SMARTS) is 1. The van der Waals surface area contributed by atoms with E-state index in [1.807, 2.05) is 42.5 Å². The van der Waals surface area contributed by atoms with E-state index in [4.69, 9.17) is 16.6 Å². The number of nitrogens with two attached hydrogens (primary N) is 2. The summed E-state index contributed by atoms with van der Waals surface area (Å²) in [7, 11) is 0. The van der Waals surface area contributed by atoms with E-state index in [-0.39, 0.29) is 32.1 Å². The zero-order valence-corrected chi connectivity index (χ0v) is 22.5. The van der Waals surface area contributed by atoms with Crippen LogP contribution in [0.25, 0.3) is 22.3 Å². The molecule has 4 amide bonds. The number of carboxylic acids is 1. The third kappa shape index (κ3) is 9.92. The second-order valence-electron chi connectivity index (χ2n) is 9.66. The first-order chi connectivity index (χ1) is 19.6. The summed E-state index contributed by atoms with van der Waals surface area (Å²) in [5, 5.41) is 13.8. The van der Waals surface area contributed by atoms with Gasteiger partial charge in [-0.15, -0.1) is 0 Å². The number of rotatable bonds is 15. The molecule has 0 radical (unpaired) electrons. The zero-order chi connectivity index (χ0) is 29.8. The fourth-order valence-corrected chi connectivity index (χ4v) is 4.26. The van der Waals surface area contributed by atoms with Crippen LogP contribution in [0.3, 0.4) is 0 Å². The first-order valence-corrected chi connectivity index (χ1v) is 13.3. The van der Waals surface area contributed by atoms with Gasteiger partial charge in [0.15, 0.2) is 0 Å². The summed E-state index contributed by atoms with van der Waals surface area (Å²) < 4.78 is 0. The van der Waals surface area contributed by atoms with Gasteiger partial charge in [0.2, 0.25) is 23.6 Å². The standard InChI is InChI=1S/C31H34N4O6/c32-27(36)17-15-26(31(41)35-25(30(33)40)16-19-29(38)39)34-28(37)18-8-20-6-9-22(10-7-20)24-13-11-23(12-14-24)21-4-2-1-3-5-21/h1-7,9-14,25-26H,8,15-19H2,(H2,32,36)(H2,33,40)(H,34,37)(H,35,41)(H,38,39). The van der Waals surface area contributed by atoms with Gasteiger partial charge in [0, 0.05) is 19.3 Å². The van der Waals surface area contributed by atoms with Crippen molar-refractivity contribution in [2.75, 3.05) is 0 Å². The molecule has 0 spiro atoms. The Balaban J connectivity index is 1.57. The molecule has 3 aromatic rings. The quantitative estimate of drug-likeness (QED) is 0.191. The Morgan fingerprint density at radius 1 is 0.634 bits per heavy atom. The summed E-state index contributed by atoms with van der Waals surface area (Å²) in [5.74, 6) is -3.91. The predicted octanol–water partition coefficient (Wildman–Crippen LogP) is 2.54. The molecule has 41 heavy (non-hydrogen) atoms. The van der Waals surface area contributed by atoms with Gasteiger partial charge < -0.3 is 27.2 Å². The van der Waals surface area contributed by atoms with Crippen LogP contribution in [0.2, 0.25) is 0 Å². The highest BCUT2D eigenvalue weighted by Crippen LogP contribution is 2.25. The van der Waals surface area contributed by atoms with Crippen molar-refractivity contribution >= 4 is 29.6 Å². The third-order valence-electron chi connectivity index (χ3n) is 6.56. The van der Waals surface area contributed by atoms with Gasteiger partial charge >= 0.3 is 5.97 Å². The number of aliphatic carboxylic acids is 1. The second kappa shape index (κ2) is 15.0. The number of primary amides is 2. The molecule has 214 valence electrons. The van der Waals surface area contributed by atoms with Crippen LogP contribution in [-0.4, -0.2) is 46.8 Å². The van der Waals surface area contributed by atoms with Crippen molar-refractivity contribution in [2.24, 2.45) is 11.5 Å². The van der Waals surface area contributed by atoms with Gasteiger partial charge in [0.25, 0.3) is 0 Å². The number of carbonyl (C=O) groups excluding carboxylic acids is 4. The number of hydrogen-bond donors (Lipinski definition) is 5. The minimum Gasteiger partial charge on any atom is -0.481 e. The van der Waals surface area contributed by atoms with Crippen LogP contribution in [0.15, 0.2) is 78.9 Å². The van der Waals surface area contributed by atoms with Gasteiger partial charge in [0.1, 0.15) is 12.1 Å². The van der Waals surface area contributed by atoms with E-state index in [0.29, 0.717) is 6.42 Å². The molecule has 0 bridgehead atoms. The first-order valence-electron chi connectivity index (χ1n) is 13.3. The maximum absolute atomic E-state index is 12.8. The van der Waals surface area contributed by atoms with Crippen molar-refractivity contribution in [1.82, 2.24) is 10.6 Å². The summed E-state index contributed by atoms with van der Waals surface area (Å²) in [5.41, 5.74) is 15.8. The van der Waals surface area contributed by atoms with Crippen LogP contribution in [0, 0.1) is 0 Å². The summed E-state index contributed by atoms with van der Waals surface area (Å²) in [6.07, 6.45) is -0.378. The molecule has 10 nitrogen and oxygen atoms in total. The Morgan fingerprint density at radius 2 is 1.15 bits per heavy atom. The van der Waals surface area contributed by atoms with Gasteiger partial charge in [-0.1, -0.05) is 78.9 Å². The van der Waals surface area contributed by atoms with E-state index < -0.39 is 41.7 Å². The molecule has 0 fully saturated rings. The fourth-order valence-electron chi connectivity index (χ4n) is 4.26. The molecule has 10 heteroatoms. The monoisotopic (exact) mass is 558 g/mol. The smallest absolute Gasteiger partial charge is 0.303 e. The lowest BCUT2D eigenvalue weighted by atomic mass is 9.99. The number of aryl methyl sites for hydroxylation is 1. The lowest BCUT2D eigenvalue weighted by Gasteiger charge is -2.21. The van der Waals surface area contributed by atoms with E-state index in [1.54, 1.807) is 0 Å². The maximum Gasteiger partial charge on any atom is 0.303 e. The van der Waals surface area contributed by atoms with E-state index >= 15 is 0 Å². The van der Waals surface area contributed by atoms with Crippen LogP contribution in [0.4, 0.5) is 0 Å². The lowest BCUT2D eigenvalue weighted by Crippen LogP contribution is -2.53. The predicted molar refractivity (Wildman–Crippen MR) is 154 cm³/mol. The maximum atomic E-state index is 12.8. The van der Waals surface area contributed by atoms with Crippen molar-refractivity contribution in [3.05, 3.63) is 84.4 Å². The highest BCUT2D eigenvalue weighted by molar-refractivity contribution is 5.92. The van der Waals surface area contributed by atoms with Crippen molar-refractivity contribution in [3.63, 3.8) is 0 Å². The molecule has 0 heterocycles. The van der Waals surface area contributed by atoms with Gasteiger partial charge in [0.05, 0.1) is 0 Å². The Bertz CT molecular complexity index is 1360. The molecule has 3 rings (SSSR count). The second-order valence-corrected chi connectivity index (χ2v) is 9.66. The van der Waals surface area contributed by atoms with E-state index in [2.05, 4.69) is 47.0 Å². The van der Waals surface area contributed by atoms with Crippen LogP contribution < -0.4 is 22.1 Å². The molecule has 2 unspecified atom stereocenters. The molecular formula is C31H34N4O6. The van der Waals surface area contributed by atoms with Gasteiger partial charge in [-0.05, 0) is 47.1 Å². The number of nitrogens with one attached hydrogen (secondary N) is 2. The Hall–Kier alpha value is -4.99. The molecule has 0 aliphatic rings. The van der Waals surface area contributed by atoms with Gasteiger partial charge in [-0.3, -0.25) is 24.0 Å². The highest BCUT2D eigenvalue weighted by Gasteiger charge is 2.26. The normalized spacial score (nSPS) is 12.1. The Kier molecular flexibility index (Phi) is 11.2. The molecule has 0 aliphatic heterocycles. The van der Waals surface area contributed by atoms with Gasteiger partial charge in [-0.2, -0.15) is 0 Å². The molecular weight excluding hydrogens is 524 g/mol. The molecule has 0 aliphatic carbocycles. The van der Waals surface area contributed by atoms with Crippen LogP contribution in [0.5, 0.6) is 0 Å². The Labute approximate surface area is 238 Å². The highest BCUT2D eigenvalue weighted by atomic mass is 16.4. The molecule has 2 atom stereocenters. The summed E-state index contributed by atoms with van der Waals surface area (Å²) >= 11 is 0. The largest absolute Gasteiger partial charge is 0.481 e. The fraction of sp³-hybridized carbons (Fsp3) is 0.258. The topological polar surface area (TPSA) is 182 Å². The van der Waals surface area contributed by atoms with E-state index in [1.165, 1.54) is 0 Å². The van der Waals surface area contributed by atoms with Crippen molar-refractivity contribution < 1.29 is 29.1 Å². The lowest BCUT2D eigenvalue weighted by molar-refractivity contribution is -0.138. The average molecular weight is 559 g/mol. The number of carbonyl (C=O) groups is 5. The SMILES string of the molecule is NC(=O)CCC(NC(=O)CCc1ccc(-c2ccc(-c3ccccc3)cc2)cc1)C(=O)NC(CCC(=O)O)C(N)=O. The number of benzene rings is 3. The van der Waals surface area contributed by atoms with Crippen LogP contribution in [0.1, 0.15) is 37.7 Å². The average Bonchev–Trinajstić information content (AvgIpc) is 2.96. The summed E-state index contributed by atoms with van der Waals surface area (Å²) in [4.78, 5) is 59.2. The van der Waals surface area contributed by atoms with Crippen LogP contribution >= 0.6 is 0 Å². The molecule has 0 saturated carbocycles. The molecule has 7 N–H and O–H groups in total. The first kappa shape index (κ1) is 30.6. The number of hydrogen-bond acceptors (Lipinski definition) is 5. The molecule has 0 aromatic heterocycles. The van der Waals surface area contributed by atoms with E-state index in [0.717, 1.165) is 27.8 Å². The minimum absolute atomic E-state index is 0.0731. The summed E-state index contributed by atoms with van der Waals surface area (Å²) in [6.45, 7) is 0. The number of amides is 4. The van der Waals surface area contributed by atoms with Crippen molar-refractivity contribution in [3.8, 4) is 22.3 Å². The van der Waals surface area contributed by atoms with Gasteiger partial charge in [-0.25, -0.2) is 0 Å². The Morgan fingerprint density at radius 3 is 1.66 bits per heavy atom. The minimum atomic E-state index is -1.24. The van der Waals surface area contributed by atoms with Crippen LogP contribution in [-0.2, 0) is 30.4 Å². The van der Waals surface area contributed by atoms with Crippen molar-refractivity contribution in [2.45, 2.75) is 50.6 Å². The molecule has 3 aromatic carbocycles. The zero-order valence-electron chi connectivity index (χ0n) is 22.5. The summed E-state index contributed by atoms with van der Waals surface area (Å²) in [6, 6.07) is 23.8. The van der Waals surface area contributed by atoms with Crippen molar-refractivity contribution in [1.29, 1.82) is 0 Å². The molecule has 0 saturated heterocycles. The van der Waals surface area contributed by atoms with E-state index in [9.17, 15) is 24.0 Å². The third-order valence-corrected chi connectivity index (χ3v) is 6.56.